The Labute approximate surface area is 78.5 Å². The molecular weight excluding hydrogens is 164 g/mol. The van der Waals surface area contributed by atoms with Crippen LogP contribution in [-0.2, 0) is 6.42 Å². The van der Waals surface area contributed by atoms with Gasteiger partial charge in [0.2, 0.25) is 0 Å². The number of rotatable bonds is 2. The normalized spacial score (nSPS) is 21.1. The molecule has 0 saturated heterocycles. The van der Waals surface area contributed by atoms with Crippen molar-refractivity contribution in [3.8, 4) is 0 Å². The fourth-order valence-corrected chi connectivity index (χ4v) is 1.77. The number of aryl methyl sites for hydroxylation is 1. The molecule has 1 atom stereocenters. The van der Waals surface area contributed by atoms with Gasteiger partial charge in [-0.2, -0.15) is 0 Å². The fraction of sp³-hybridized carbons (Fsp3) is 0.700. The highest BCUT2D eigenvalue weighted by molar-refractivity contribution is 5.20. The van der Waals surface area contributed by atoms with E-state index in [0.29, 0.717) is 12.0 Å². The first-order valence-corrected chi connectivity index (χ1v) is 4.89. The summed E-state index contributed by atoms with van der Waals surface area (Å²) < 4.78 is 5.72. The van der Waals surface area contributed by atoms with Crippen molar-refractivity contribution in [2.75, 3.05) is 7.05 Å². The summed E-state index contributed by atoms with van der Waals surface area (Å²) in [5.41, 5.74) is 1.16. The van der Waals surface area contributed by atoms with Gasteiger partial charge < -0.3 is 9.73 Å². The van der Waals surface area contributed by atoms with Gasteiger partial charge in [0.25, 0.3) is 0 Å². The van der Waals surface area contributed by atoms with Crippen molar-refractivity contribution >= 4 is 0 Å². The summed E-state index contributed by atoms with van der Waals surface area (Å²) in [4.78, 5) is 4.48. The molecule has 0 bridgehead atoms. The number of hydrogen-bond donors (Lipinski definition) is 1. The Morgan fingerprint density at radius 2 is 2.31 bits per heavy atom. The number of aromatic nitrogens is 1. The Morgan fingerprint density at radius 1 is 1.54 bits per heavy atom. The summed E-state index contributed by atoms with van der Waals surface area (Å²) in [6, 6.07) is 0.384. The molecule has 0 saturated carbocycles. The van der Waals surface area contributed by atoms with Crippen LogP contribution in [0.15, 0.2) is 4.42 Å². The van der Waals surface area contributed by atoms with Gasteiger partial charge in [-0.15, -0.1) is 0 Å². The standard InChI is InChI=1S/C10H16N2O/c1-6(2)10-12-8-5-4-7(11-3)9(8)13-10/h6-7,11H,4-5H2,1-3H3. The van der Waals surface area contributed by atoms with Gasteiger partial charge in [0.15, 0.2) is 5.89 Å². The van der Waals surface area contributed by atoms with Gasteiger partial charge in [-0.05, 0) is 19.9 Å². The zero-order chi connectivity index (χ0) is 9.42. The zero-order valence-corrected chi connectivity index (χ0v) is 8.42. The molecule has 0 radical (unpaired) electrons. The number of hydrogen-bond acceptors (Lipinski definition) is 3. The summed E-state index contributed by atoms with van der Waals surface area (Å²) >= 11 is 0. The predicted molar refractivity (Wildman–Crippen MR) is 50.7 cm³/mol. The second kappa shape index (κ2) is 3.14. The Bertz CT molecular complexity index is 304. The van der Waals surface area contributed by atoms with Gasteiger partial charge in [-0.25, -0.2) is 4.98 Å². The number of oxazole rings is 1. The van der Waals surface area contributed by atoms with E-state index in [4.69, 9.17) is 4.42 Å². The first-order chi connectivity index (χ1) is 6.22. The maximum absolute atomic E-state index is 5.72. The molecule has 72 valence electrons. The van der Waals surface area contributed by atoms with Crippen LogP contribution in [-0.4, -0.2) is 12.0 Å². The molecule has 3 nitrogen and oxygen atoms in total. The van der Waals surface area contributed by atoms with Crippen LogP contribution in [0.3, 0.4) is 0 Å². The molecule has 2 rings (SSSR count). The summed E-state index contributed by atoms with van der Waals surface area (Å²) in [5, 5.41) is 3.24. The SMILES string of the molecule is CNC1CCc2nc(C(C)C)oc21. The molecule has 1 heterocycles. The maximum atomic E-state index is 5.72. The van der Waals surface area contributed by atoms with Crippen LogP contribution in [0.2, 0.25) is 0 Å². The van der Waals surface area contributed by atoms with Crippen molar-refractivity contribution in [2.24, 2.45) is 0 Å². The van der Waals surface area contributed by atoms with Crippen LogP contribution in [0.4, 0.5) is 0 Å². The fourth-order valence-electron chi connectivity index (χ4n) is 1.77. The molecule has 1 unspecified atom stereocenters. The maximum Gasteiger partial charge on any atom is 0.197 e. The molecule has 0 fully saturated rings. The Morgan fingerprint density at radius 3 is 2.92 bits per heavy atom. The molecule has 0 amide bonds. The molecule has 13 heavy (non-hydrogen) atoms. The highest BCUT2D eigenvalue weighted by Gasteiger charge is 2.28. The third kappa shape index (κ3) is 1.37. The minimum absolute atomic E-state index is 0.384. The third-order valence-electron chi connectivity index (χ3n) is 2.57. The summed E-state index contributed by atoms with van der Waals surface area (Å²) in [5.74, 6) is 2.33. The lowest BCUT2D eigenvalue weighted by atomic mass is 10.2. The van der Waals surface area contributed by atoms with Crippen LogP contribution in [0.25, 0.3) is 0 Å². The van der Waals surface area contributed by atoms with E-state index in [-0.39, 0.29) is 0 Å². The summed E-state index contributed by atoms with van der Waals surface area (Å²) in [7, 11) is 1.97. The third-order valence-corrected chi connectivity index (χ3v) is 2.57. The van der Waals surface area contributed by atoms with Crippen LogP contribution in [0, 0.1) is 0 Å². The number of nitrogens with one attached hydrogen (secondary N) is 1. The van der Waals surface area contributed by atoms with Crippen molar-refractivity contribution in [2.45, 2.75) is 38.6 Å². The van der Waals surface area contributed by atoms with Crippen LogP contribution >= 0.6 is 0 Å². The van der Waals surface area contributed by atoms with E-state index < -0.39 is 0 Å². The van der Waals surface area contributed by atoms with E-state index >= 15 is 0 Å². The van der Waals surface area contributed by atoms with E-state index in [1.807, 2.05) is 7.05 Å². The number of fused-ring (bicyclic) bond motifs is 1. The van der Waals surface area contributed by atoms with E-state index in [0.717, 1.165) is 30.2 Å². The predicted octanol–water partition coefficient (Wildman–Crippen LogP) is 2.00. The monoisotopic (exact) mass is 180 g/mol. The van der Waals surface area contributed by atoms with Crippen LogP contribution in [0.5, 0.6) is 0 Å². The molecule has 0 aliphatic heterocycles. The first-order valence-electron chi connectivity index (χ1n) is 4.89. The van der Waals surface area contributed by atoms with Crippen LogP contribution in [0.1, 0.15) is 49.6 Å². The lowest BCUT2D eigenvalue weighted by Crippen LogP contribution is -2.12. The van der Waals surface area contributed by atoms with Gasteiger partial charge in [-0.3, -0.25) is 0 Å². The van der Waals surface area contributed by atoms with Gasteiger partial charge >= 0.3 is 0 Å². The topological polar surface area (TPSA) is 38.1 Å². The Kier molecular flexibility index (Phi) is 2.12. The van der Waals surface area contributed by atoms with Gasteiger partial charge in [0.1, 0.15) is 5.76 Å². The van der Waals surface area contributed by atoms with E-state index in [1.165, 1.54) is 0 Å². The lowest BCUT2D eigenvalue weighted by Gasteiger charge is -2.06. The zero-order valence-electron chi connectivity index (χ0n) is 8.42. The van der Waals surface area contributed by atoms with Gasteiger partial charge in [0, 0.05) is 5.92 Å². The first kappa shape index (κ1) is 8.75. The molecule has 1 aromatic rings. The lowest BCUT2D eigenvalue weighted by molar-refractivity contribution is 0.392. The van der Waals surface area contributed by atoms with Crippen molar-refractivity contribution in [3.63, 3.8) is 0 Å². The molecule has 0 spiro atoms. The van der Waals surface area contributed by atoms with E-state index in [2.05, 4.69) is 24.1 Å². The molecule has 1 N–H and O–H groups in total. The average Bonchev–Trinajstić information content (AvgIpc) is 2.60. The average molecular weight is 180 g/mol. The quantitative estimate of drug-likeness (QED) is 0.756. The van der Waals surface area contributed by atoms with Crippen molar-refractivity contribution < 1.29 is 4.42 Å². The number of nitrogens with zero attached hydrogens (tertiary/aromatic N) is 1. The molecular formula is C10H16N2O. The van der Waals surface area contributed by atoms with Crippen molar-refractivity contribution in [1.82, 2.24) is 10.3 Å². The Hall–Kier alpha value is -0.830. The van der Waals surface area contributed by atoms with Crippen molar-refractivity contribution in [1.29, 1.82) is 0 Å². The second-order valence-corrected chi connectivity index (χ2v) is 3.90. The molecule has 1 aromatic heterocycles. The van der Waals surface area contributed by atoms with Crippen molar-refractivity contribution in [3.05, 3.63) is 17.3 Å². The minimum atomic E-state index is 0.384. The van der Waals surface area contributed by atoms with E-state index in [9.17, 15) is 0 Å². The van der Waals surface area contributed by atoms with Gasteiger partial charge in [0.05, 0.1) is 11.7 Å². The van der Waals surface area contributed by atoms with Crippen LogP contribution < -0.4 is 5.32 Å². The summed E-state index contributed by atoms with van der Waals surface area (Å²) in [6.07, 6.45) is 2.17. The second-order valence-electron chi connectivity index (χ2n) is 3.90. The molecule has 1 aliphatic rings. The molecule has 3 heteroatoms. The highest BCUT2D eigenvalue weighted by atomic mass is 16.4. The molecule has 1 aliphatic carbocycles. The minimum Gasteiger partial charge on any atom is -0.443 e. The smallest absolute Gasteiger partial charge is 0.197 e. The Balaban J connectivity index is 2.31. The summed E-state index contributed by atoms with van der Waals surface area (Å²) in [6.45, 7) is 4.21. The molecule has 0 aromatic carbocycles. The highest BCUT2D eigenvalue weighted by Crippen LogP contribution is 2.32. The van der Waals surface area contributed by atoms with Gasteiger partial charge in [-0.1, -0.05) is 13.8 Å². The van der Waals surface area contributed by atoms with E-state index in [1.54, 1.807) is 0 Å². The largest absolute Gasteiger partial charge is 0.443 e.